The Morgan fingerprint density at radius 2 is 1.02 bits per heavy atom. The van der Waals surface area contributed by atoms with E-state index in [0.29, 0.717) is 4.22 Å². The molecular formula is C45H48Cl2Ti. The van der Waals surface area contributed by atoms with Crippen LogP contribution in [-0.4, -0.2) is 3.81 Å². The third kappa shape index (κ3) is 6.94. The number of benzene rings is 4. The maximum atomic E-state index is 2.67. The van der Waals surface area contributed by atoms with Crippen LogP contribution in [0.15, 0.2) is 107 Å². The van der Waals surface area contributed by atoms with Crippen molar-refractivity contribution in [2.24, 2.45) is 0 Å². The second-order valence-corrected chi connectivity index (χ2v) is 18.6. The topological polar surface area (TPSA) is 0 Å². The van der Waals surface area contributed by atoms with Gasteiger partial charge in [0.1, 0.15) is 0 Å². The molecule has 2 saturated carbocycles. The SMILES string of the molecule is Cc1ccc([C](c2ccc(C)cc2)=[Ti+2]([C]2=CC=CC2)[CH]2c3ccc(C4CCCCC4)cc3-c3cc(C4CCCCC4)ccc32)cc1.[Cl-].[Cl-]. The van der Waals surface area contributed by atoms with Crippen LogP contribution in [0.3, 0.4) is 0 Å². The molecule has 0 nitrogen and oxygen atoms in total. The average molecular weight is 708 g/mol. The molecule has 0 bridgehead atoms. The van der Waals surface area contributed by atoms with Crippen molar-refractivity contribution in [1.82, 2.24) is 0 Å². The molecule has 8 rings (SSSR count). The molecule has 0 saturated heterocycles. The summed E-state index contributed by atoms with van der Waals surface area (Å²) in [5.41, 5.74) is 15.0. The smallest absolute Gasteiger partial charge is 1.00 e. The molecule has 0 radical (unpaired) electrons. The minimum atomic E-state index is -2.21. The summed E-state index contributed by atoms with van der Waals surface area (Å²) in [6, 6.07) is 34.6. The molecule has 3 heteroatoms. The molecule has 246 valence electrons. The van der Waals surface area contributed by atoms with Crippen LogP contribution in [0.2, 0.25) is 0 Å². The predicted molar refractivity (Wildman–Crippen MR) is 193 cm³/mol. The number of halogens is 2. The van der Waals surface area contributed by atoms with Crippen LogP contribution in [0.5, 0.6) is 0 Å². The van der Waals surface area contributed by atoms with E-state index in [0.717, 1.165) is 18.3 Å². The molecule has 2 fully saturated rings. The molecule has 0 amide bonds. The monoisotopic (exact) mass is 706 g/mol. The fourth-order valence-corrected chi connectivity index (χ4v) is 14.8. The zero-order valence-corrected chi connectivity index (χ0v) is 31.7. The fourth-order valence-electron chi connectivity index (χ4n) is 9.03. The van der Waals surface area contributed by atoms with E-state index in [9.17, 15) is 0 Å². The summed E-state index contributed by atoms with van der Waals surface area (Å²) < 4.78 is 3.79. The van der Waals surface area contributed by atoms with Gasteiger partial charge in [-0.3, -0.25) is 0 Å². The molecule has 4 aromatic rings. The summed E-state index contributed by atoms with van der Waals surface area (Å²) in [7, 11) is 0. The largest absolute Gasteiger partial charge is 1.00 e. The van der Waals surface area contributed by atoms with E-state index in [1.54, 1.807) is 41.1 Å². The summed E-state index contributed by atoms with van der Waals surface area (Å²) in [6.07, 6.45) is 22.1. The van der Waals surface area contributed by atoms with Gasteiger partial charge in [0.15, 0.2) is 0 Å². The van der Waals surface area contributed by atoms with Crippen molar-refractivity contribution in [3.8, 4) is 11.1 Å². The van der Waals surface area contributed by atoms with Crippen molar-refractivity contribution < 1.29 is 42.2 Å². The molecular weight excluding hydrogens is 659 g/mol. The minimum absolute atomic E-state index is 0. The Morgan fingerprint density at radius 3 is 1.44 bits per heavy atom. The van der Waals surface area contributed by atoms with Crippen LogP contribution in [-0.2, 0) is 17.4 Å². The normalized spacial score (nSPS) is 17.4. The van der Waals surface area contributed by atoms with Gasteiger partial charge in [-0.25, -0.2) is 0 Å². The maximum absolute atomic E-state index is 2.67. The van der Waals surface area contributed by atoms with Crippen LogP contribution in [0.1, 0.15) is 131 Å². The Labute approximate surface area is 307 Å². The zero-order valence-electron chi connectivity index (χ0n) is 28.6. The van der Waals surface area contributed by atoms with Crippen LogP contribution in [0.25, 0.3) is 11.1 Å². The Morgan fingerprint density at radius 1 is 0.562 bits per heavy atom. The first kappa shape index (κ1) is 35.4. The van der Waals surface area contributed by atoms with Gasteiger partial charge in [-0.1, -0.05) is 0 Å². The Bertz CT molecular complexity index is 1720. The third-order valence-electron chi connectivity index (χ3n) is 11.6. The summed E-state index contributed by atoms with van der Waals surface area (Å²) in [6.45, 7) is 4.43. The van der Waals surface area contributed by atoms with Crippen LogP contribution < -0.4 is 24.8 Å². The molecule has 4 aliphatic rings. The van der Waals surface area contributed by atoms with Gasteiger partial charge < -0.3 is 24.8 Å². The molecule has 0 aromatic heterocycles. The first-order valence-electron chi connectivity index (χ1n) is 18.2. The molecule has 4 aliphatic carbocycles. The van der Waals surface area contributed by atoms with E-state index in [1.165, 1.54) is 86.5 Å². The molecule has 0 spiro atoms. The summed E-state index contributed by atoms with van der Waals surface area (Å²) in [5.74, 6) is 1.45. The van der Waals surface area contributed by atoms with Crippen molar-refractivity contribution in [2.75, 3.05) is 0 Å². The standard InChI is InChI=1S/C25H29.C15H14.C5H5.2ClH.Ti/c1-3-7-18(8-4-1)20-11-13-22-15-23-14-12-21(17-25(23)24(22)16-20)19-9-5-2-6-10-19;1-12-3-7-14(8-4-12)11-15-9-5-13(2)6-10-15;1-2-4-5-3-1;;;/h11-19H,1-10H2;3-10H,1-2H3;1-3H,4H2;2*1H;/q;;;;;+2/p-2. The zero-order chi connectivity index (χ0) is 31.0. The predicted octanol–water partition coefficient (Wildman–Crippen LogP) is 6.21. The Hall–Kier alpha value is -2.48. The summed E-state index contributed by atoms with van der Waals surface area (Å²) in [5, 5.41) is 0. The minimum Gasteiger partial charge on any atom is -1.00 e. The van der Waals surface area contributed by atoms with Crippen molar-refractivity contribution >= 4 is 3.81 Å². The van der Waals surface area contributed by atoms with E-state index < -0.39 is 17.4 Å². The summed E-state index contributed by atoms with van der Waals surface area (Å²) >= 11 is -2.21. The number of hydrogen-bond acceptors (Lipinski definition) is 0. The van der Waals surface area contributed by atoms with Gasteiger partial charge >= 0.3 is 284 Å². The Kier molecular flexibility index (Phi) is 11.5. The first-order valence-corrected chi connectivity index (χ1v) is 20.6. The molecule has 0 unspecified atom stereocenters. The Balaban J connectivity index is 0.00000201. The van der Waals surface area contributed by atoms with E-state index in [2.05, 4.69) is 117 Å². The van der Waals surface area contributed by atoms with Crippen molar-refractivity contribution in [3.63, 3.8) is 0 Å². The van der Waals surface area contributed by atoms with Crippen molar-refractivity contribution in [2.45, 2.75) is 101 Å². The molecule has 0 aliphatic heterocycles. The van der Waals surface area contributed by atoms with Gasteiger partial charge in [0, 0.05) is 0 Å². The molecule has 0 N–H and O–H groups in total. The van der Waals surface area contributed by atoms with Crippen molar-refractivity contribution in [1.29, 1.82) is 0 Å². The second-order valence-electron chi connectivity index (χ2n) is 14.6. The van der Waals surface area contributed by atoms with Crippen LogP contribution >= 0.6 is 0 Å². The first-order chi connectivity index (χ1) is 22.6. The third-order valence-corrected chi connectivity index (χ3v) is 16.9. The van der Waals surface area contributed by atoms with Gasteiger partial charge in [-0.15, -0.1) is 0 Å². The number of rotatable bonds is 6. The fraction of sp³-hybridized carbons (Fsp3) is 0.356. The van der Waals surface area contributed by atoms with Gasteiger partial charge in [0.2, 0.25) is 0 Å². The average Bonchev–Trinajstić information content (AvgIpc) is 3.75. The van der Waals surface area contributed by atoms with Crippen molar-refractivity contribution in [3.05, 3.63) is 152 Å². The molecule has 48 heavy (non-hydrogen) atoms. The number of hydrogen-bond donors (Lipinski definition) is 0. The maximum Gasteiger partial charge on any atom is -1.00 e. The van der Waals surface area contributed by atoms with E-state index in [-0.39, 0.29) is 24.8 Å². The number of fused-ring (bicyclic) bond motifs is 3. The quantitative estimate of drug-likeness (QED) is 0.210. The van der Waals surface area contributed by atoms with Gasteiger partial charge in [-0.2, -0.15) is 0 Å². The van der Waals surface area contributed by atoms with E-state index in [1.807, 2.05) is 0 Å². The van der Waals surface area contributed by atoms with Gasteiger partial charge in [0.05, 0.1) is 0 Å². The van der Waals surface area contributed by atoms with E-state index in [4.69, 9.17) is 0 Å². The van der Waals surface area contributed by atoms with Gasteiger partial charge in [-0.05, 0) is 0 Å². The van der Waals surface area contributed by atoms with Crippen LogP contribution in [0.4, 0.5) is 0 Å². The van der Waals surface area contributed by atoms with Crippen LogP contribution in [0, 0.1) is 13.8 Å². The summed E-state index contributed by atoms with van der Waals surface area (Å²) in [4.78, 5) is 0. The number of allylic oxidation sites excluding steroid dienone is 4. The molecule has 0 heterocycles. The molecule has 4 aromatic carbocycles. The number of aryl methyl sites for hydroxylation is 2. The molecule has 0 atom stereocenters. The van der Waals surface area contributed by atoms with E-state index >= 15 is 0 Å². The van der Waals surface area contributed by atoms with Gasteiger partial charge in [0.25, 0.3) is 0 Å². The second kappa shape index (κ2) is 15.6.